The average molecular weight is 471 g/mol. The van der Waals surface area contributed by atoms with E-state index in [4.69, 9.17) is 0 Å². The van der Waals surface area contributed by atoms with Crippen molar-refractivity contribution in [3.05, 3.63) is 23.9 Å². The molecule has 2 aliphatic heterocycles. The Labute approximate surface area is 175 Å². The van der Waals surface area contributed by atoms with E-state index in [9.17, 15) is 0 Å². The third kappa shape index (κ3) is 4.10. The van der Waals surface area contributed by atoms with E-state index >= 15 is 0 Å². The highest BCUT2D eigenvalue weighted by Crippen LogP contribution is 2.46. The monoisotopic (exact) mass is 471 g/mol. The van der Waals surface area contributed by atoms with Crippen molar-refractivity contribution in [1.29, 1.82) is 0 Å². The molecule has 0 saturated carbocycles. The van der Waals surface area contributed by atoms with Gasteiger partial charge in [-0.05, 0) is 50.8 Å². The normalized spacial score (nSPS) is 21.7. The number of nitrogens with zero attached hydrogens (tertiary/aromatic N) is 4. The zero-order valence-electron chi connectivity index (χ0n) is 16.9. The Morgan fingerprint density at radius 1 is 1.19 bits per heavy atom. The lowest BCUT2D eigenvalue weighted by molar-refractivity contribution is -0.0667. The molecule has 3 rings (SSSR count). The summed E-state index contributed by atoms with van der Waals surface area (Å²) in [5.74, 6) is 2.10. The van der Waals surface area contributed by atoms with Crippen molar-refractivity contribution in [2.75, 3.05) is 31.6 Å². The number of anilines is 1. The van der Waals surface area contributed by atoms with Gasteiger partial charge in [-0.2, -0.15) is 0 Å². The number of nitrogens with one attached hydrogen (secondary N) is 1. The number of halogens is 1. The average Bonchev–Trinajstić information content (AvgIpc) is 2.62. The fraction of sp³-hybridized carbons (Fsp3) is 0.700. The van der Waals surface area contributed by atoms with E-state index in [-0.39, 0.29) is 29.5 Å². The quantitative estimate of drug-likeness (QED) is 0.413. The van der Waals surface area contributed by atoms with Crippen LogP contribution < -0.4 is 10.2 Å². The molecule has 0 unspecified atom stereocenters. The maximum Gasteiger partial charge on any atom is 0.194 e. The highest BCUT2D eigenvalue weighted by Gasteiger charge is 2.53. The molecule has 0 aliphatic carbocycles. The Balaban J connectivity index is 0.00000243. The summed E-state index contributed by atoms with van der Waals surface area (Å²) in [4.78, 5) is 13.9. The van der Waals surface area contributed by atoms with Gasteiger partial charge in [0, 0.05) is 50.4 Å². The van der Waals surface area contributed by atoms with Crippen LogP contribution in [0.5, 0.6) is 0 Å². The van der Waals surface area contributed by atoms with Crippen LogP contribution in [0.1, 0.15) is 52.5 Å². The molecule has 3 heterocycles. The molecule has 0 aromatic carbocycles. The van der Waals surface area contributed by atoms with Gasteiger partial charge in [-0.15, -0.1) is 24.0 Å². The maximum atomic E-state index is 4.57. The number of likely N-dealkylation sites (tertiary alicyclic amines) is 1. The van der Waals surface area contributed by atoms with Crippen molar-refractivity contribution >= 4 is 35.8 Å². The molecule has 0 spiro atoms. The molecule has 1 aromatic rings. The molecule has 2 saturated heterocycles. The van der Waals surface area contributed by atoms with Crippen LogP contribution in [0.25, 0.3) is 0 Å². The molecule has 5 nitrogen and oxygen atoms in total. The molecule has 1 N–H and O–H groups in total. The minimum Gasteiger partial charge on any atom is -0.357 e. The van der Waals surface area contributed by atoms with Crippen molar-refractivity contribution < 1.29 is 0 Å². The summed E-state index contributed by atoms with van der Waals surface area (Å²) in [7, 11) is 1.87. The summed E-state index contributed by atoms with van der Waals surface area (Å²) in [6, 6.07) is 4.32. The van der Waals surface area contributed by atoms with Gasteiger partial charge in [-0.25, -0.2) is 4.98 Å². The summed E-state index contributed by atoms with van der Waals surface area (Å²) in [6.07, 6.45) is 5.82. The van der Waals surface area contributed by atoms with Crippen LogP contribution in [-0.2, 0) is 6.54 Å². The molecule has 0 bridgehead atoms. The Morgan fingerprint density at radius 2 is 1.88 bits per heavy atom. The van der Waals surface area contributed by atoms with Crippen LogP contribution in [-0.4, -0.2) is 48.1 Å². The predicted octanol–water partition coefficient (Wildman–Crippen LogP) is 3.89. The molecule has 0 amide bonds. The first kappa shape index (κ1) is 21.3. The molecular formula is C20H34IN5. The second kappa shape index (κ2) is 8.31. The van der Waals surface area contributed by atoms with Gasteiger partial charge >= 0.3 is 0 Å². The van der Waals surface area contributed by atoms with Crippen molar-refractivity contribution in [3.8, 4) is 0 Å². The third-order valence-electron chi connectivity index (χ3n) is 6.29. The number of rotatable bonds is 3. The molecule has 2 aliphatic rings. The van der Waals surface area contributed by atoms with Crippen LogP contribution in [0.3, 0.4) is 0 Å². The van der Waals surface area contributed by atoms with Crippen LogP contribution in [0.15, 0.2) is 23.3 Å². The van der Waals surface area contributed by atoms with Gasteiger partial charge in [-0.3, -0.25) is 4.99 Å². The molecule has 6 heteroatoms. The van der Waals surface area contributed by atoms with E-state index in [0.717, 1.165) is 38.0 Å². The summed E-state index contributed by atoms with van der Waals surface area (Å²) in [6.45, 7) is 13.3. The Hall–Kier alpha value is -1.05. The van der Waals surface area contributed by atoms with Crippen LogP contribution in [0, 0.1) is 5.41 Å². The number of aromatic nitrogens is 1. The zero-order chi connectivity index (χ0) is 18.1. The number of guanidine groups is 1. The summed E-state index contributed by atoms with van der Waals surface area (Å²) in [5.41, 5.74) is 1.68. The fourth-order valence-electron chi connectivity index (χ4n) is 3.74. The van der Waals surface area contributed by atoms with Crippen molar-refractivity contribution in [3.63, 3.8) is 0 Å². The van der Waals surface area contributed by atoms with E-state index < -0.39 is 0 Å². The van der Waals surface area contributed by atoms with Crippen molar-refractivity contribution in [2.45, 2.75) is 59.0 Å². The molecule has 2 fully saturated rings. The second-order valence-corrected chi connectivity index (χ2v) is 8.50. The highest BCUT2D eigenvalue weighted by molar-refractivity contribution is 14.0. The number of hydrogen-bond donors (Lipinski definition) is 1. The third-order valence-corrected chi connectivity index (χ3v) is 6.29. The summed E-state index contributed by atoms with van der Waals surface area (Å²) < 4.78 is 0. The standard InChI is InChI=1S/C20H33N5.HI/c1-19(2)15-25(20(19,3)4)18(21-5)23-14-16-9-10-22-17(13-16)24-11-7-6-8-12-24;/h9-10,13H,6-8,11-12,14-15H2,1-5H3,(H,21,23);1H. The largest absolute Gasteiger partial charge is 0.357 e. The molecule has 146 valence electrons. The molecule has 26 heavy (non-hydrogen) atoms. The van der Waals surface area contributed by atoms with Crippen molar-refractivity contribution in [2.24, 2.45) is 10.4 Å². The van der Waals surface area contributed by atoms with Gasteiger partial charge in [0.15, 0.2) is 5.96 Å². The molecular weight excluding hydrogens is 437 g/mol. The first-order valence-electron chi connectivity index (χ1n) is 9.53. The summed E-state index contributed by atoms with van der Waals surface area (Å²) >= 11 is 0. The van der Waals surface area contributed by atoms with Gasteiger partial charge in [0.1, 0.15) is 5.82 Å². The Morgan fingerprint density at radius 3 is 2.46 bits per heavy atom. The first-order valence-corrected chi connectivity index (χ1v) is 9.53. The van der Waals surface area contributed by atoms with Gasteiger partial charge in [0.2, 0.25) is 0 Å². The molecule has 0 radical (unpaired) electrons. The number of pyridine rings is 1. The Kier molecular flexibility index (Phi) is 6.80. The van der Waals surface area contributed by atoms with Crippen LogP contribution in [0.2, 0.25) is 0 Å². The number of aliphatic imine (C=N–C) groups is 1. The van der Waals surface area contributed by atoms with E-state index in [0.29, 0.717) is 5.41 Å². The SMILES string of the molecule is CN=C(NCc1ccnc(N2CCCCC2)c1)N1CC(C)(C)C1(C)C.I. The fourth-order valence-corrected chi connectivity index (χ4v) is 3.74. The lowest BCUT2D eigenvalue weighted by Crippen LogP contribution is -2.72. The Bertz CT molecular complexity index is 635. The number of hydrogen-bond acceptors (Lipinski definition) is 3. The predicted molar refractivity (Wildman–Crippen MR) is 120 cm³/mol. The van der Waals surface area contributed by atoms with Crippen LogP contribution >= 0.6 is 24.0 Å². The maximum absolute atomic E-state index is 4.57. The van der Waals surface area contributed by atoms with Crippen LogP contribution in [0.4, 0.5) is 5.82 Å². The lowest BCUT2D eigenvalue weighted by Gasteiger charge is -2.62. The second-order valence-electron chi connectivity index (χ2n) is 8.50. The van der Waals surface area contributed by atoms with E-state index in [1.54, 1.807) is 0 Å². The minimum atomic E-state index is 0. The number of piperidine rings is 1. The van der Waals surface area contributed by atoms with E-state index in [1.165, 1.54) is 24.8 Å². The summed E-state index contributed by atoms with van der Waals surface area (Å²) in [5, 5.41) is 3.54. The van der Waals surface area contributed by atoms with Gasteiger partial charge in [0.05, 0.1) is 0 Å². The van der Waals surface area contributed by atoms with E-state index in [2.05, 4.69) is 64.9 Å². The minimum absolute atomic E-state index is 0. The zero-order valence-corrected chi connectivity index (χ0v) is 19.2. The lowest BCUT2D eigenvalue weighted by atomic mass is 9.65. The van der Waals surface area contributed by atoms with Gasteiger partial charge < -0.3 is 15.1 Å². The highest BCUT2D eigenvalue weighted by atomic mass is 127. The van der Waals surface area contributed by atoms with Gasteiger partial charge in [-0.1, -0.05) is 13.8 Å². The molecule has 0 atom stereocenters. The van der Waals surface area contributed by atoms with Gasteiger partial charge in [0.25, 0.3) is 0 Å². The van der Waals surface area contributed by atoms with Crippen molar-refractivity contribution in [1.82, 2.24) is 15.2 Å². The smallest absolute Gasteiger partial charge is 0.194 e. The van der Waals surface area contributed by atoms with E-state index in [1.807, 2.05) is 13.2 Å². The first-order chi connectivity index (χ1) is 11.8. The topological polar surface area (TPSA) is 43.8 Å². The molecule has 1 aromatic heterocycles.